The van der Waals surface area contributed by atoms with Crippen LogP contribution in [0, 0.1) is 5.82 Å². The van der Waals surface area contributed by atoms with Crippen molar-refractivity contribution < 1.29 is 13.7 Å². The average molecular weight is 476 g/mol. The minimum atomic E-state index is -0.310. The van der Waals surface area contributed by atoms with Crippen LogP contribution in [-0.4, -0.2) is 31.3 Å². The third kappa shape index (κ3) is 6.47. The molecule has 0 spiro atoms. The fourth-order valence-corrected chi connectivity index (χ4v) is 2.43. The van der Waals surface area contributed by atoms with Gasteiger partial charge in [-0.25, -0.2) is 4.39 Å². The molecule has 2 aromatic rings. The number of nitrogens with zero attached hydrogens (tertiary/aromatic N) is 2. The summed E-state index contributed by atoms with van der Waals surface area (Å²) in [5.41, 5.74) is 2.05. The lowest BCUT2D eigenvalue weighted by Gasteiger charge is -2.13. The van der Waals surface area contributed by atoms with Gasteiger partial charge >= 0.3 is 0 Å². The molecule has 0 fully saturated rings. The number of rotatable bonds is 8. The number of aromatic nitrogens is 1. The summed E-state index contributed by atoms with van der Waals surface area (Å²) in [7, 11) is 1.71. The molecule has 144 valence electrons. The molecule has 0 bridgehead atoms. The van der Waals surface area contributed by atoms with Crippen molar-refractivity contribution in [2.45, 2.75) is 33.2 Å². The monoisotopic (exact) mass is 476 g/mol. The average Bonchev–Trinajstić information content (AvgIpc) is 3.03. The zero-order chi connectivity index (χ0) is 18.1. The van der Waals surface area contributed by atoms with Crippen molar-refractivity contribution in [2.75, 3.05) is 20.2 Å². The number of hydrogen-bond donors (Lipinski definition) is 2. The fourth-order valence-electron chi connectivity index (χ4n) is 2.43. The normalized spacial score (nSPS) is 11.0. The van der Waals surface area contributed by atoms with Crippen LogP contribution < -0.4 is 15.4 Å². The van der Waals surface area contributed by atoms with Crippen LogP contribution in [0.5, 0.6) is 5.75 Å². The lowest BCUT2D eigenvalue weighted by Crippen LogP contribution is -2.39. The molecule has 0 amide bonds. The first kappa shape index (κ1) is 22.2. The Morgan fingerprint density at radius 3 is 2.73 bits per heavy atom. The number of guanidine groups is 1. The minimum absolute atomic E-state index is 0. The van der Waals surface area contributed by atoms with Gasteiger partial charge in [-0.2, -0.15) is 0 Å². The van der Waals surface area contributed by atoms with E-state index in [9.17, 15) is 4.39 Å². The number of ether oxygens (including phenoxy) is 1. The van der Waals surface area contributed by atoms with Gasteiger partial charge in [0.15, 0.2) is 5.96 Å². The van der Waals surface area contributed by atoms with Crippen molar-refractivity contribution in [3.63, 3.8) is 0 Å². The Labute approximate surface area is 170 Å². The van der Waals surface area contributed by atoms with Gasteiger partial charge in [-0.1, -0.05) is 25.1 Å². The Morgan fingerprint density at radius 2 is 2.08 bits per heavy atom. The third-order valence-corrected chi connectivity index (χ3v) is 3.72. The summed E-state index contributed by atoms with van der Waals surface area (Å²) in [6.45, 7) is 5.64. The lowest BCUT2D eigenvalue weighted by molar-refractivity contribution is 0.320. The van der Waals surface area contributed by atoms with Crippen molar-refractivity contribution in [3.05, 3.63) is 47.1 Å². The first-order valence-electron chi connectivity index (χ1n) is 8.47. The molecule has 0 radical (unpaired) electrons. The van der Waals surface area contributed by atoms with E-state index in [-0.39, 0.29) is 29.8 Å². The van der Waals surface area contributed by atoms with Gasteiger partial charge in [-0.3, -0.25) is 4.99 Å². The number of aryl methyl sites for hydroxylation is 2. The van der Waals surface area contributed by atoms with Gasteiger partial charge in [0.2, 0.25) is 0 Å². The van der Waals surface area contributed by atoms with Crippen LogP contribution in [0.25, 0.3) is 0 Å². The minimum Gasteiger partial charge on any atom is -0.492 e. The van der Waals surface area contributed by atoms with Crippen LogP contribution in [0.15, 0.2) is 33.8 Å². The number of benzene rings is 1. The van der Waals surface area contributed by atoms with E-state index in [1.54, 1.807) is 19.2 Å². The van der Waals surface area contributed by atoms with E-state index in [0.717, 1.165) is 29.9 Å². The van der Waals surface area contributed by atoms with Crippen molar-refractivity contribution in [1.82, 2.24) is 15.8 Å². The van der Waals surface area contributed by atoms with Gasteiger partial charge in [-0.05, 0) is 18.6 Å². The van der Waals surface area contributed by atoms with Crippen molar-refractivity contribution in [2.24, 2.45) is 4.99 Å². The smallest absolute Gasteiger partial charge is 0.191 e. The van der Waals surface area contributed by atoms with E-state index < -0.39 is 0 Å². The van der Waals surface area contributed by atoms with Gasteiger partial charge in [0.25, 0.3) is 0 Å². The third-order valence-electron chi connectivity index (χ3n) is 3.72. The zero-order valence-corrected chi connectivity index (χ0v) is 17.7. The topological polar surface area (TPSA) is 71.7 Å². The Kier molecular flexibility index (Phi) is 10.0. The molecule has 0 aliphatic carbocycles. The molecule has 0 atom stereocenters. The van der Waals surface area contributed by atoms with Gasteiger partial charge in [0, 0.05) is 31.6 Å². The SMILES string of the molecule is CCc1noc(CC)c1CNC(=NC)NCCOc1cccc(F)c1.I. The highest BCUT2D eigenvalue weighted by Gasteiger charge is 2.13. The summed E-state index contributed by atoms with van der Waals surface area (Å²) in [5, 5.41) is 10.5. The van der Waals surface area contributed by atoms with Crippen molar-refractivity contribution >= 4 is 29.9 Å². The van der Waals surface area contributed by atoms with E-state index in [2.05, 4.69) is 27.7 Å². The summed E-state index contributed by atoms with van der Waals surface area (Å²) in [5.74, 6) is 1.76. The van der Waals surface area contributed by atoms with Crippen LogP contribution in [0.2, 0.25) is 0 Å². The molecule has 26 heavy (non-hydrogen) atoms. The molecule has 0 saturated heterocycles. The van der Waals surface area contributed by atoms with Crippen molar-refractivity contribution in [3.8, 4) is 5.75 Å². The molecule has 0 aliphatic rings. The Hall–Kier alpha value is -1.84. The van der Waals surface area contributed by atoms with E-state index in [4.69, 9.17) is 9.26 Å². The molecule has 1 heterocycles. The predicted molar refractivity (Wildman–Crippen MR) is 111 cm³/mol. The van der Waals surface area contributed by atoms with Gasteiger partial charge in [-0.15, -0.1) is 24.0 Å². The molecule has 2 N–H and O–H groups in total. The van der Waals surface area contributed by atoms with Crippen LogP contribution in [0.4, 0.5) is 4.39 Å². The maximum atomic E-state index is 13.1. The molecular weight excluding hydrogens is 450 g/mol. The molecule has 8 heteroatoms. The highest BCUT2D eigenvalue weighted by atomic mass is 127. The van der Waals surface area contributed by atoms with Crippen LogP contribution in [0.1, 0.15) is 30.9 Å². The number of halogens is 2. The first-order valence-corrected chi connectivity index (χ1v) is 8.47. The highest BCUT2D eigenvalue weighted by molar-refractivity contribution is 14.0. The maximum absolute atomic E-state index is 13.1. The highest BCUT2D eigenvalue weighted by Crippen LogP contribution is 2.15. The summed E-state index contributed by atoms with van der Waals surface area (Å²) < 4.78 is 23.9. The molecule has 6 nitrogen and oxygen atoms in total. The first-order chi connectivity index (χ1) is 12.2. The van der Waals surface area contributed by atoms with Crippen LogP contribution >= 0.6 is 24.0 Å². The second kappa shape index (κ2) is 11.7. The maximum Gasteiger partial charge on any atom is 0.191 e. The van der Waals surface area contributed by atoms with E-state index in [1.807, 2.05) is 6.92 Å². The quantitative estimate of drug-likeness (QED) is 0.265. The molecule has 0 saturated carbocycles. The largest absolute Gasteiger partial charge is 0.492 e. The Morgan fingerprint density at radius 1 is 1.27 bits per heavy atom. The number of aliphatic imine (C=N–C) groups is 1. The number of hydrogen-bond acceptors (Lipinski definition) is 4. The Balaban J connectivity index is 0.00000338. The zero-order valence-electron chi connectivity index (χ0n) is 15.3. The molecule has 0 aliphatic heterocycles. The molecule has 2 rings (SSSR count). The van der Waals surface area contributed by atoms with Crippen LogP contribution in [0.3, 0.4) is 0 Å². The fraction of sp³-hybridized carbons (Fsp3) is 0.444. The van der Waals surface area contributed by atoms with Gasteiger partial charge in [0.1, 0.15) is 23.9 Å². The van der Waals surface area contributed by atoms with E-state index in [0.29, 0.717) is 31.4 Å². The summed E-state index contributed by atoms with van der Waals surface area (Å²) >= 11 is 0. The van der Waals surface area contributed by atoms with Gasteiger partial charge in [0.05, 0.1) is 12.2 Å². The molecule has 1 aromatic heterocycles. The standard InChI is InChI=1S/C18H25FN4O2.HI/c1-4-16-15(17(5-2)25-23-16)12-22-18(20-3)21-9-10-24-14-8-6-7-13(19)11-14;/h6-8,11H,4-5,9-10,12H2,1-3H3,(H2,20,21,22);1H. The lowest BCUT2D eigenvalue weighted by atomic mass is 10.1. The molecule has 1 aromatic carbocycles. The molecule has 0 unspecified atom stereocenters. The van der Waals surface area contributed by atoms with E-state index in [1.165, 1.54) is 12.1 Å². The Bertz CT molecular complexity index is 685. The van der Waals surface area contributed by atoms with E-state index >= 15 is 0 Å². The van der Waals surface area contributed by atoms with Crippen LogP contribution in [-0.2, 0) is 19.4 Å². The summed E-state index contributed by atoms with van der Waals surface area (Å²) in [6, 6.07) is 6.09. The van der Waals surface area contributed by atoms with Gasteiger partial charge < -0.3 is 19.9 Å². The summed E-state index contributed by atoms with van der Waals surface area (Å²) in [4.78, 5) is 4.19. The summed E-state index contributed by atoms with van der Waals surface area (Å²) in [6.07, 6.45) is 1.63. The second-order valence-electron chi connectivity index (χ2n) is 5.40. The molecular formula is C18H26FIN4O2. The number of nitrogens with one attached hydrogen (secondary N) is 2. The van der Waals surface area contributed by atoms with Crippen molar-refractivity contribution in [1.29, 1.82) is 0 Å². The predicted octanol–water partition coefficient (Wildman–Crippen LogP) is 3.30. The second-order valence-corrected chi connectivity index (χ2v) is 5.40.